The first-order valence-corrected chi connectivity index (χ1v) is 11.4. The molecule has 0 aromatic carbocycles. The molecule has 0 spiro atoms. The predicted octanol–water partition coefficient (Wildman–Crippen LogP) is 4.23. The fourth-order valence-electron chi connectivity index (χ4n) is 8.40. The molecular formula is C23H38O4. The number of aliphatic carboxylic acids is 1. The predicted molar refractivity (Wildman–Crippen MR) is 104 cm³/mol. The maximum atomic E-state index is 11.2. The highest BCUT2D eigenvalue weighted by atomic mass is 16.4. The van der Waals surface area contributed by atoms with E-state index in [2.05, 4.69) is 13.8 Å². The van der Waals surface area contributed by atoms with Gasteiger partial charge in [-0.25, -0.2) is 0 Å². The van der Waals surface area contributed by atoms with Crippen molar-refractivity contribution in [3.63, 3.8) is 0 Å². The molecule has 6 unspecified atom stereocenters. The van der Waals surface area contributed by atoms with Crippen LogP contribution in [0.2, 0.25) is 0 Å². The number of carboxylic acids is 1. The zero-order valence-corrected chi connectivity index (χ0v) is 17.1. The summed E-state index contributed by atoms with van der Waals surface area (Å²) in [7, 11) is 0. The van der Waals surface area contributed by atoms with Crippen molar-refractivity contribution >= 4 is 5.97 Å². The van der Waals surface area contributed by atoms with Crippen LogP contribution in [0.1, 0.15) is 84.5 Å². The number of aliphatic hydroxyl groups excluding tert-OH is 2. The minimum absolute atomic E-state index is 0.185. The Morgan fingerprint density at radius 3 is 2.37 bits per heavy atom. The molecule has 0 aromatic rings. The van der Waals surface area contributed by atoms with Crippen molar-refractivity contribution in [3.05, 3.63) is 0 Å². The average molecular weight is 379 g/mol. The smallest absolute Gasteiger partial charge is 0.303 e. The molecule has 0 saturated heterocycles. The van der Waals surface area contributed by atoms with E-state index >= 15 is 0 Å². The van der Waals surface area contributed by atoms with Gasteiger partial charge in [-0.2, -0.15) is 0 Å². The van der Waals surface area contributed by atoms with E-state index in [-0.39, 0.29) is 29.1 Å². The molecule has 4 nitrogen and oxygen atoms in total. The van der Waals surface area contributed by atoms with Gasteiger partial charge in [-0.05, 0) is 91.8 Å². The first kappa shape index (κ1) is 19.7. The molecular weight excluding hydrogens is 340 g/mol. The van der Waals surface area contributed by atoms with Gasteiger partial charge in [0.1, 0.15) is 0 Å². The highest BCUT2D eigenvalue weighted by Crippen LogP contribution is 2.67. The van der Waals surface area contributed by atoms with E-state index in [0.717, 1.165) is 32.1 Å². The third-order valence-corrected chi connectivity index (χ3v) is 9.80. The molecule has 4 heteroatoms. The molecule has 9 atom stereocenters. The molecule has 0 aliphatic heterocycles. The average Bonchev–Trinajstić information content (AvgIpc) is 2.95. The van der Waals surface area contributed by atoms with E-state index in [1.165, 1.54) is 32.1 Å². The number of carbonyl (C=O) groups is 1. The monoisotopic (exact) mass is 378 g/mol. The van der Waals surface area contributed by atoms with Crippen molar-refractivity contribution in [3.8, 4) is 0 Å². The minimum Gasteiger partial charge on any atom is -0.481 e. The molecule has 0 aromatic heterocycles. The van der Waals surface area contributed by atoms with Crippen LogP contribution >= 0.6 is 0 Å². The van der Waals surface area contributed by atoms with Gasteiger partial charge in [0.2, 0.25) is 0 Å². The number of fused-ring (bicyclic) bond motifs is 5. The largest absolute Gasteiger partial charge is 0.481 e. The summed E-state index contributed by atoms with van der Waals surface area (Å²) in [5.74, 6) is 1.39. The van der Waals surface area contributed by atoms with Crippen molar-refractivity contribution in [1.82, 2.24) is 0 Å². The van der Waals surface area contributed by atoms with Crippen molar-refractivity contribution in [1.29, 1.82) is 0 Å². The Morgan fingerprint density at radius 1 is 0.889 bits per heavy atom. The Labute approximate surface area is 163 Å². The van der Waals surface area contributed by atoms with Gasteiger partial charge in [-0.3, -0.25) is 4.79 Å². The van der Waals surface area contributed by atoms with Gasteiger partial charge in [0.15, 0.2) is 0 Å². The highest BCUT2D eigenvalue weighted by Gasteiger charge is 2.64. The molecule has 0 amide bonds. The van der Waals surface area contributed by atoms with Crippen molar-refractivity contribution in [2.75, 3.05) is 0 Å². The first-order valence-electron chi connectivity index (χ1n) is 11.4. The minimum atomic E-state index is -0.694. The summed E-state index contributed by atoms with van der Waals surface area (Å²) in [6, 6.07) is 0. The molecule has 0 bridgehead atoms. The number of carboxylic acid groups (broad SMARTS) is 1. The summed E-state index contributed by atoms with van der Waals surface area (Å²) < 4.78 is 0. The number of hydrogen-bond acceptors (Lipinski definition) is 3. The topological polar surface area (TPSA) is 77.8 Å². The summed E-state index contributed by atoms with van der Waals surface area (Å²) >= 11 is 0. The van der Waals surface area contributed by atoms with Crippen LogP contribution in [0.3, 0.4) is 0 Å². The molecule has 4 rings (SSSR count). The van der Waals surface area contributed by atoms with Gasteiger partial charge in [0.25, 0.3) is 0 Å². The molecule has 4 fully saturated rings. The molecule has 4 saturated carbocycles. The van der Waals surface area contributed by atoms with Gasteiger partial charge < -0.3 is 15.3 Å². The van der Waals surface area contributed by atoms with E-state index in [1.807, 2.05) is 0 Å². The van der Waals surface area contributed by atoms with E-state index in [9.17, 15) is 15.0 Å². The normalized spacial score (nSPS) is 51.9. The molecule has 0 radical (unpaired) electrons. The second kappa shape index (κ2) is 7.02. The number of rotatable bonds is 4. The van der Waals surface area contributed by atoms with Gasteiger partial charge in [-0.1, -0.05) is 26.7 Å². The lowest BCUT2D eigenvalue weighted by molar-refractivity contribution is -0.214. The van der Waals surface area contributed by atoms with Crippen molar-refractivity contribution < 1.29 is 20.1 Å². The fraction of sp³-hybridized carbons (Fsp3) is 0.957. The van der Waals surface area contributed by atoms with E-state index in [1.54, 1.807) is 0 Å². The Morgan fingerprint density at radius 2 is 1.63 bits per heavy atom. The van der Waals surface area contributed by atoms with E-state index in [0.29, 0.717) is 17.8 Å². The van der Waals surface area contributed by atoms with Crippen LogP contribution in [0.4, 0.5) is 0 Å². The molecule has 0 heterocycles. The summed E-state index contributed by atoms with van der Waals surface area (Å²) in [6.45, 7) is 4.81. The van der Waals surface area contributed by atoms with Gasteiger partial charge in [0.05, 0.1) is 12.2 Å². The molecule has 4 aliphatic carbocycles. The van der Waals surface area contributed by atoms with E-state index in [4.69, 9.17) is 5.11 Å². The van der Waals surface area contributed by atoms with Crippen molar-refractivity contribution in [2.45, 2.75) is 96.7 Å². The molecule has 154 valence electrons. The van der Waals surface area contributed by atoms with Crippen molar-refractivity contribution in [2.24, 2.45) is 40.4 Å². The van der Waals surface area contributed by atoms with E-state index < -0.39 is 18.2 Å². The second-order valence-electron chi connectivity index (χ2n) is 10.7. The van der Waals surface area contributed by atoms with Crippen LogP contribution < -0.4 is 0 Å². The molecule has 27 heavy (non-hydrogen) atoms. The quantitative estimate of drug-likeness (QED) is 0.684. The summed E-state index contributed by atoms with van der Waals surface area (Å²) in [6.07, 6.45) is 10.3. The fourth-order valence-corrected chi connectivity index (χ4v) is 8.40. The first-order chi connectivity index (χ1) is 12.8. The van der Waals surface area contributed by atoms with Crippen LogP contribution in [-0.2, 0) is 4.79 Å². The Kier molecular flexibility index (Phi) is 5.12. The number of hydrogen-bond donors (Lipinski definition) is 3. The summed E-state index contributed by atoms with van der Waals surface area (Å²) in [5, 5.41) is 31.2. The Hall–Kier alpha value is -0.610. The Balaban J connectivity index is 1.57. The highest BCUT2D eigenvalue weighted by molar-refractivity contribution is 5.66. The zero-order valence-electron chi connectivity index (χ0n) is 17.1. The lowest BCUT2D eigenvalue weighted by atomic mass is 9.43. The lowest BCUT2D eigenvalue weighted by Crippen LogP contribution is -2.63. The van der Waals surface area contributed by atoms with Crippen LogP contribution in [0.15, 0.2) is 0 Å². The van der Waals surface area contributed by atoms with Gasteiger partial charge in [-0.15, -0.1) is 0 Å². The lowest BCUT2D eigenvalue weighted by Gasteiger charge is -2.63. The van der Waals surface area contributed by atoms with Crippen LogP contribution in [0.5, 0.6) is 0 Å². The second-order valence-corrected chi connectivity index (χ2v) is 10.7. The maximum absolute atomic E-state index is 11.2. The zero-order chi connectivity index (χ0) is 19.4. The summed E-state index contributed by atoms with van der Waals surface area (Å²) in [4.78, 5) is 10.9. The third kappa shape index (κ3) is 2.97. The van der Waals surface area contributed by atoms with Crippen LogP contribution in [0.25, 0.3) is 0 Å². The van der Waals surface area contributed by atoms with Crippen LogP contribution in [0, 0.1) is 40.4 Å². The maximum Gasteiger partial charge on any atom is 0.303 e. The SMILES string of the molecule is CC12CC[C@H]3C(C1CCC2CCCC(=O)O)[C@@H](O)[C@H](O)C1CCCCC13C. The van der Waals surface area contributed by atoms with Crippen LogP contribution in [-0.4, -0.2) is 33.5 Å². The molecule has 3 N–H and O–H groups in total. The summed E-state index contributed by atoms with van der Waals surface area (Å²) in [5.41, 5.74) is 0.391. The third-order valence-electron chi connectivity index (χ3n) is 9.80. The number of aliphatic hydroxyl groups is 2. The standard InChI is InChI=1S/C23H38O4/c1-22-13-11-16-19(15(22)10-9-14(22)6-5-8-18(24)25)21(27)20(26)17-7-3-4-12-23(16,17)2/h14-17,19-21,26-27H,3-13H2,1-2H3,(H,24,25)/t14?,15?,16-,17?,19?,20+,21+,22?,23?/m0/s1. The van der Waals surface area contributed by atoms with Gasteiger partial charge in [0, 0.05) is 6.42 Å². The molecule has 4 aliphatic rings. The van der Waals surface area contributed by atoms with Gasteiger partial charge >= 0.3 is 5.97 Å². The Bertz CT molecular complexity index is 577.